The van der Waals surface area contributed by atoms with Crippen LogP contribution in [0.25, 0.3) is 0 Å². The highest BCUT2D eigenvalue weighted by molar-refractivity contribution is 6.30. The minimum Gasteiger partial charge on any atom is -0.465 e. The first-order valence-electron chi connectivity index (χ1n) is 12.0. The molecule has 0 aromatic heterocycles. The van der Waals surface area contributed by atoms with Gasteiger partial charge in [0.05, 0.1) is 17.8 Å². The molecule has 0 bridgehead atoms. The average molecular weight is 545 g/mol. The van der Waals surface area contributed by atoms with Crippen LogP contribution in [0.3, 0.4) is 0 Å². The van der Waals surface area contributed by atoms with Crippen LogP contribution in [-0.2, 0) is 15.1 Å². The maximum absolute atomic E-state index is 13.6. The van der Waals surface area contributed by atoms with Gasteiger partial charge in [-0.15, -0.1) is 0 Å². The molecule has 12 heteroatoms. The Morgan fingerprint density at radius 3 is 2.55 bits per heavy atom. The Morgan fingerprint density at radius 2 is 1.92 bits per heavy atom. The molecular formula is C26H29ClN4O7. The van der Waals surface area contributed by atoms with Gasteiger partial charge in [-0.3, -0.25) is 19.8 Å². The first kappa shape index (κ1) is 27.2. The van der Waals surface area contributed by atoms with Crippen molar-refractivity contribution in [2.45, 2.75) is 43.9 Å². The predicted molar refractivity (Wildman–Crippen MR) is 139 cm³/mol. The molecule has 2 aromatic carbocycles. The van der Waals surface area contributed by atoms with Crippen molar-refractivity contribution in [2.24, 2.45) is 0 Å². The number of likely N-dealkylation sites (tertiary alicyclic amines) is 1. The number of halogens is 1. The normalized spacial score (nSPS) is 19.3. The van der Waals surface area contributed by atoms with Gasteiger partial charge in [0.25, 0.3) is 5.91 Å². The lowest BCUT2D eigenvalue weighted by atomic mass is 9.90. The molecule has 4 rings (SSSR count). The van der Waals surface area contributed by atoms with Crippen LogP contribution in [0.1, 0.15) is 42.6 Å². The molecule has 2 aliphatic rings. The Morgan fingerprint density at radius 1 is 1.24 bits per heavy atom. The fourth-order valence-electron chi connectivity index (χ4n) is 4.75. The van der Waals surface area contributed by atoms with E-state index in [0.717, 1.165) is 4.90 Å². The number of rotatable bonds is 6. The highest BCUT2D eigenvalue weighted by atomic mass is 35.5. The summed E-state index contributed by atoms with van der Waals surface area (Å²) in [5.41, 5.74) is -0.562. The third-order valence-corrected chi connectivity index (χ3v) is 6.89. The lowest BCUT2D eigenvalue weighted by Crippen LogP contribution is -2.52. The number of carbonyl (C=O) groups is 4. The Bertz CT molecular complexity index is 1280. The van der Waals surface area contributed by atoms with Gasteiger partial charge in [0, 0.05) is 48.3 Å². The van der Waals surface area contributed by atoms with Crippen molar-refractivity contribution in [3.8, 4) is 0 Å². The quantitative estimate of drug-likeness (QED) is 0.435. The topological polar surface area (TPSA) is 149 Å². The minimum atomic E-state index is -1.28. The van der Waals surface area contributed by atoms with Crippen molar-refractivity contribution in [2.75, 3.05) is 30.4 Å². The fraction of sp³-hybridized carbons (Fsp3) is 0.385. The second kappa shape index (κ2) is 10.1. The number of hydrogen-bond acceptors (Lipinski definition) is 6. The molecule has 0 radical (unpaired) electrons. The van der Waals surface area contributed by atoms with Crippen molar-refractivity contribution >= 4 is 47.0 Å². The molecule has 202 valence electrons. The van der Waals surface area contributed by atoms with Crippen molar-refractivity contribution in [3.63, 3.8) is 0 Å². The Hall–Kier alpha value is -3.83. The summed E-state index contributed by atoms with van der Waals surface area (Å²) < 4.78 is 5.69. The number of fused-ring (bicyclic) bond motifs is 2. The molecule has 2 heterocycles. The first-order chi connectivity index (χ1) is 17.8. The molecule has 11 nitrogen and oxygen atoms in total. The summed E-state index contributed by atoms with van der Waals surface area (Å²) in [5.74, 6) is -0.991. The highest BCUT2D eigenvalue weighted by Gasteiger charge is 2.49. The number of carbonyl (C=O) groups excluding carboxylic acids is 3. The van der Waals surface area contributed by atoms with Crippen LogP contribution in [0.15, 0.2) is 42.5 Å². The molecule has 2 atom stereocenters. The number of benzene rings is 2. The number of ether oxygens (including phenoxy) is 1. The van der Waals surface area contributed by atoms with Crippen molar-refractivity contribution in [3.05, 3.63) is 58.6 Å². The number of nitrogens with zero attached hydrogens (tertiary/aromatic N) is 2. The van der Waals surface area contributed by atoms with E-state index in [0.29, 0.717) is 28.4 Å². The standard InChI is InChI=1S/C26H29ClN4O7/c1-25(2,37)13-20(28-21(32)15-4-7-17(8-5-15)30(3)24(35)36)22(33)31-11-10-26(14-31)18-12-16(27)6-9-19(18)29-23(34)38-26/h4-9,12,20,37H,10-11,13-14H2,1-3H3,(H,28,32)(H,29,34)(H,35,36)/t20-,26-/m0/s1. The molecule has 2 aromatic rings. The van der Waals surface area contributed by atoms with E-state index in [-0.39, 0.29) is 25.1 Å². The SMILES string of the molecule is CN(C(=O)O)c1ccc(C(=O)N[C@@H](CC(C)(C)O)C(=O)N2CC[C@@]3(C2)OC(=O)Nc2ccc(Cl)cc23)cc1. The molecule has 4 N–H and O–H groups in total. The van der Waals surface area contributed by atoms with Gasteiger partial charge in [-0.1, -0.05) is 11.6 Å². The van der Waals surface area contributed by atoms with E-state index in [9.17, 15) is 24.3 Å². The summed E-state index contributed by atoms with van der Waals surface area (Å²) in [6.45, 7) is 3.39. The van der Waals surface area contributed by atoms with Crippen LogP contribution in [0.2, 0.25) is 5.02 Å². The zero-order valence-corrected chi connectivity index (χ0v) is 21.9. The summed E-state index contributed by atoms with van der Waals surface area (Å²) in [7, 11) is 1.38. The number of aliphatic hydroxyl groups is 1. The summed E-state index contributed by atoms with van der Waals surface area (Å²) in [5, 5.41) is 25.4. The Kier molecular flexibility index (Phi) is 7.26. The minimum absolute atomic E-state index is 0.0566. The third kappa shape index (κ3) is 5.68. The summed E-state index contributed by atoms with van der Waals surface area (Å²) >= 11 is 6.20. The molecule has 0 saturated carbocycles. The van der Waals surface area contributed by atoms with Crippen LogP contribution in [0.4, 0.5) is 21.0 Å². The highest BCUT2D eigenvalue weighted by Crippen LogP contribution is 2.44. The van der Waals surface area contributed by atoms with Gasteiger partial charge < -0.3 is 25.2 Å². The molecule has 1 fully saturated rings. The Labute approximate surface area is 224 Å². The van der Waals surface area contributed by atoms with Gasteiger partial charge >= 0.3 is 12.2 Å². The monoisotopic (exact) mass is 544 g/mol. The number of carboxylic acid groups (broad SMARTS) is 1. The van der Waals surface area contributed by atoms with Gasteiger partial charge in [0.2, 0.25) is 5.91 Å². The second-order valence-electron chi connectivity index (χ2n) is 10.1. The number of nitrogens with one attached hydrogen (secondary N) is 2. The molecule has 2 aliphatic heterocycles. The Balaban J connectivity index is 1.54. The molecule has 0 aliphatic carbocycles. The fourth-order valence-corrected chi connectivity index (χ4v) is 4.92. The van der Waals surface area contributed by atoms with Crippen LogP contribution < -0.4 is 15.5 Å². The zero-order valence-electron chi connectivity index (χ0n) is 21.2. The second-order valence-corrected chi connectivity index (χ2v) is 10.6. The third-order valence-electron chi connectivity index (χ3n) is 6.65. The van der Waals surface area contributed by atoms with Crippen LogP contribution in [0.5, 0.6) is 0 Å². The molecule has 4 amide bonds. The van der Waals surface area contributed by atoms with Crippen LogP contribution >= 0.6 is 11.6 Å². The van der Waals surface area contributed by atoms with E-state index in [1.54, 1.807) is 18.2 Å². The van der Waals surface area contributed by atoms with E-state index in [1.807, 2.05) is 0 Å². The van der Waals surface area contributed by atoms with Crippen molar-refractivity contribution in [1.29, 1.82) is 0 Å². The summed E-state index contributed by atoms with van der Waals surface area (Å²) in [6, 6.07) is 9.83. The molecular weight excluding hydrogens is 516 g/mol. The van der Waals surface area contributed by atoms with Gasteiger partial charge in [-0.2, -0.15) is 0 Å². The lowest BCUT2D eigenvalue weighted by molar-refractivity contribution is -0.134. The number of hydrogen-bond donors (Lipinski definition) is 4. The zero-order chi connectivity index (χ0) is 27.8. The number of anilines is 2. The van der Waals surface area contributed by atoms with E-state index < -0.39 is 41.2 Å². The van der Waals surface area contributed by atoms with Gasteiger partial charge in [0.1, 0.15) is 6.04 Å². The predicted octanol–water partition coefficient (Wildman–Crippen LogP) is 3.40. The van der Waals surface area contributed by atoms with Crippen LogP contribution in [0, 0.1) is 0 Å². The molecule has 38 heavy (non-hydrogen) atoms. The van der Waals surface area contributed by atoms with E-state index >= 15 is 0 Å². The summed E-state index contributed by atoms with van der Waals surface area (Å²) in [4.78, 5) is 52.6. The largest absolute Gasteiger partial charge is 0.465 e. The first-order valence-corrected chi connectivity index (χ1v) is 12.3. The number of amides is 4. The summed E-state index contributed by atoms with van der Waals surface area (Å²) in [6.07, 6.45) is -1.51. The van der Waals surface area contributed by atoms with Crippen molar-refractivity contribution < 1.29 is 34.1 Å². The maximum Gasteiger partial charge on any atom is 0.412 e. The smallest absolute Gasteiger partial charge is 0.412 e. The average Bonchev–Trinajstić information content (AvgIpc) is 3.26. The molecule has 1 spiro atoms. The van der Waals surface area contributed by atoms with Gasteiger partial charge in [0.15, 0.2) is 5.60 Å². The van der Waals surface area contributed by atoms with Crippen molar-refractivity contribution in [1.82, 2.24) is 10.2 Å². The van der Waals surface area contributed by atoms with Gasteiger partial charge in [-0.05, 0) is 56.3 Å². The molecule has 0 unspecified atom stereocenters. The van der Waals surface area contributed by atoms with Gasteiger partial charge in [-0.25, -0.2) is 9.59 Å². The maximum atomic E-state index is 13.6. The van der Waals surface area contributed by atoms with E-state index in [2.05, 4.69) is 10.6 Å². The van der Waals surface area contributed by atoms with E-state index in [4.69, 9.17) is 21.4 Å². The lowest BCUT2D eigenvalue weighted by Gasteiger charge is -2.36. The van der Waals surface area contributed by atoms with E-state index in [1.165, 1.54) is 50.1 Å². The van der Waals surface area contributed by atoms with Crippen LogP contribution in [-0.4, -0.2) is 70.9 Å². The molecule has 1 saturated heterocycles.